The molecule has 0 atom stereocenters. The predicted octanol–water partition coefficient (Wildman–Crippen LogP) is 3.83. The number of hydrogen-bond donors (Lipinski definition) is 1. The molecular formula is C18H18BrN5OS. The van der Waals surface area contributed by atoms with Crippen molar-refractivity contribution in [3.63, 3.8) is 0 Å². The molecule has 0 saturated heterocycles. The molecule has 0 saturated carbocycles. The topological polar surface area (TPSA) is 72.7 Å². The summed E-state index contributed by atoms with van der Waals surface area (Å²) in [6.45, 7) is 4.42. The van der Waals surface area contributed by atoms with Crippen LogP contribution in [0.25, 0.3) is 0 Å². The van der Waals surface area contributed by atoms with Crippen molar-refractivity contribution in [2.24, 2.45) is 0 Å². The lowest BCUT2D eigenvalue weighted by atomic mass is 10.2. The molecule has 26 heavy (non-hydrogen) atoms. The van der Waals surface area contributed by atoms with Gasteiger partial charge in [0, 0.05) is 21.9 Å². The molecule has 3 rings (SSSR count). The van der Waals surface area contributed by atoms with Gasteiger partial charge in [-0.15, -0.1) is 0 Å². The van der Waals surface area contributed by atoms with Crippen LogP contribution in [0, 0.1) is 13.8 Å². The molecule has 3 aromatic rings. The quantitative estimate of drug-likeness (QED) is 0.474. The number of halogens is 1. The van der Waals surface area contributed by atoms with Crippen molar-refractivity contribution in [3.05, 3.63) is 64.0 Å². The van der Waals surface area contributed by atoms with Crippen LogP contribution in [-0.2, 0) is 11.3 Å². The van der Waals surface area contributed by atoms with Gasteiger partial charge in [-0.25, -0.2) is 14.6 Å². The van der Waals surface area contributed by atoms with E-state index in [1.54, 1.807) is 16.9 Å². The number of aryl methyl sites for hydroxylation is 2. The molecule has 0 aliphatic heterocycles. The highest BCUT2D eigenvalue weighted by molar-refractivity contribution is 9.10. The monoisotopic (exact) mass is 431 g/mol. The Balaban J connectivity index is 1.59. The molecule has 2 aromatic heterocycles. The first-order chi connectivity index (χ1) is 12.5. The van der Waals surface area contributed by atoms with Crippen molar-refractivity contribution < 1.29 is 4.79 Å². The first-order valence-corrected chi connectivity index (χ1v) is 9.78. The lowest BCUT2D eigenvalue weighted by molar-refractivity contribution is -0.113. The third-order valence-corrected chi connectivity index (χ3v) is 4.90. The summed E-state index contributed by atoms with van der Waals surface area (Å²) in [5.74, 6) is 0.794. The first-order valence-electron chi connectivity index (χ1n) is 8.01. The molecule has 0 spiro atoms. The maximum absolute atomic E-state index is 12.3. The fraction of sp³-hybridized carbons (Fsp3) is 0.222. The second-order valence-electron chi connectivity index (χ2n) is 5.77. The third-order valence-electron chi connectivity index (χ3n) is 3.52. The minimum atomic E-state index is -0.115. The number of amides is 1. The smallest absolute Gasteiger partial charge is 0.235 e. The average Bonchev–Trinajstić information content (AvgIpc) is 3.01. The minimum Gasteiger partial charge on any atom is -0.310 e. The largest absolute Gasteiger partial charge is 0.310 e. The molecule has 0 aliphatic rings. The van der Waals surface area contributed by atoms with Gasteiger partial charge in [0.05, 0.1) is 18.5 Å². The molecule has 0 fully saturated rings. The maximum Gasteiger partial charge on any atom is 0.235 e. The number of carbonyl (C=O) groups is 1. The third kappa shape index (κ3) is 5.15. The summed E-state index contributed by atoms with van der Waals surface area (Å²) in [4.78, 5) is 20.9. The fourth-order valence-corrected chi connectivity index (χ4v) is 3.41. The number of nitrogens with one attached hydrogen (secondary N) is 1. The molecule has 8 heteroatoms. The molecule has 0 aliphatic carbocycles. The Bertz CT molecular complexity index is 890. The second kappa shape index (κ2) is 8.46. The number of thioether (sulfide) groups is 1. The van der Waals surface area contributed by atoms with Gasteiger partial charge in [-0.05, 0) is 37.6 Å². The van der Waals surface area contributed by atoms with E-state index >= 15 is 0 Å². The van der Waals surface area contributed by atoms with Crippen LogP contribution in [0.2, 0.25) is 0 Å². The number of aromatic nitrogens is 4. The van der Waals surface area contributed by atoms with E-state index in [4.69, 9.17) is 0 Å². The number of carbonyl (C=O) groups excluding carboxylic acids is 1. The Morgan fingerprint density at radius 3 is 2.54 bits per heavy atom. The average molecular weight is 432 g/mol. The Morgan fingerprint density at radius 2 is 1.85 bits per heavy atom. The van der Waals surface area contributed by atoms with Crippen LogP contribution in [0.4, 0.5) is 5.82 Å². The van der Waals surface area contributed by atoms with Crippen molar-refractivity contribution in [2.45, 2.75) is 25.5 Å². The van der Waals surface area contributed by atoms with E-state index in [0.717, 1.165) is 21.4 Å². The van der Waals surface area contributed by atoms with Gasteiger partial charge in [-0.3, -0.25) is 4.79 Å². The molecule has 2 heterocycles. The van der Waals surface area contributed by atoms with Crippen molar-refractivity contribution >= 4 is 39.4 Å². The van der Waals surface area contributed by atoms with Gasteiger partial charge in [-0.1, -0.05) is 39.8 Å². The van der Waals surface area contributed by atoms with Gasteiger partial charge in [0.15, 0.2) is 5.16 Å². The zero-order valence-electron chi connectivity index (χ0n) is 14.4. The SMILES string of the molecule is Cc1cc(C)nc(SCC(=O)Nc2ccnn2Cc2ccc(Br)cc2)n1. The minimum absolute atomic E-state index is 0.115. The molecule has 134 valence electrons. The van der Waals surface area contributed by atoms with Gasteiger partial charge in [0.1, 0.15) is 5.82 Å². The Kier molecular flexibility index (Phi) is 6.05. The highest BCUT2D eigenvalue weighted by Gasteiger charge is 2.10. The number of rotatable bonds is 6. The number of hydrogen-bond acceptors (Lipinski definition) is 5. The first kappa shape index (κ1) is 18.6. The maximum atomic E-state index is 12.3. The molecule has 0 bridgehead atoms. The van der Waals surface area contributed by atoms with Gasteiger partial charge < -0.3 is 5.32 Å². The van der Waals surface area contributed by atoms with Gasteiger partial charge in [0.25, 0.3) is 0 Å². The normalized spacial score (nSPS) is 10.7. The highest BCUT2D eigenvalue weighted by Crippen LogP contribution is 2.16. The molecule has 0 unspecified atom stereocenters. The molecule has 0 radical (unpaired) electrons. The summed E-state index contributed by atoms with van der Waals surface area (Å²) in [7, 11) is 0. The van der Waals surface area contributed by atoms with E-state index in [-0.39, 0.29) is 11.7 Å². The summed E-state index contributed by atoms with van der Waals surface area (Å²) in [5, 5.41) is 7.80. The second-order valence-corrected chi connectivity index (χ2v) is 7.63. The van der Waals surface area contributed by atoms with Gasteiger partial charge in [-0.2, -0.15) is 5.10 Å². The summed E-state index contributed by atoms with van der Waals surface area (Å²) in [6.07, 6.45) is 1.68. The van der Waals surface area contributed by atoms with E-state index in [9.17, 15) is 4.79 Å². The highest BCUT2D eigenvalue weighted by atomic mass is 79.9. The summed E-state index contributed by atoms with van der Waals surface area (Å²) in [5.41, 5.74) is 2.89. The number of nitrogens with zero attached hydrogens (tertiary/aromatic N) is 4. The van der Waals surface area contributed by atoms with Gasteiger partial charge >= 0.3 is 0 Å². The van der Waals surface area contributed by atoms with Crippen molar-refractivity contribution in [1.82, 2.24) is 19.7 Å². The van der Waals surface area contributed by atoms with E-state index < -0.39 is 0 Å². The predicted molar refractivity (Wildman–Crippen MR) is 106 cm³/mol. The number of benzene rings is 1. The van der Waals surface area contributed by atoms with Crippen LogP contribution in [0.3, 0.4) is 0 Å². The van der Waals surface area contributed by atoms with Crippen LogP contribution < -0.4 is 5.32 Å². The molecule has 6 nitrogen and oxygen atoms in total. The Hall–Kier alpha value is -2.19. The van der Waals surface area contributed by atoms with E-state index in [2.05, 4.69) is 36.3 Å². The Morgan fingerprint density at radius 1 is 1.15 bits per heavy atom. The summed E-state index contributed by atoms with van der Waals surface area (Å²) < 4.78 is 2.79. The van der Waals surface area contributed by atoms with Crippen molar-refractivity contribution in [1.29, 1.82) is 0 Å². The van der Waals surface area contributed by atoms with E-state index in [1.807, 2.05) is 44.2 Å². The number of anilines is 1. The molecule has 1 amide bonds. The van der Waals surface area contributed by atoms with E-state index in [0.29, 0.717) is 17.5 Å². The van der Waals surface area contributed by atoms with Crippen LogP contribution in [-0.4, -0.2) is 31.4 Å². The van der Waals surface area contributed by atoms with Crippen molar-refractivity contribution in [3.8, 4) is 0 Å². The summed E-state index contributed by atoms with van der Waals surface area (Å²) >= 11 is 4.74. The molecule has 1 aromatic carbocycles. The lowest BCUT2D eigenvalue weighted by Crippen LogP contribution is -2.18. The van der Waals surface area contributed by atoms with E-state index in [1.165, 1.54) is 11.8 Å². The zero-order valence-corrected chi connectivity index (χ0v) is 16.8. The van der Waals surface area contributed by atoms with Crippen LogP contribution in [0.1, 0.15) is 17.0 Å². The fourth-order valence-electron chi connectivity index (χ4n) is 2.39. The lowest BCUT2D eigenvalue weighted by Gasteiger charge is -2.09. The van der Waals surface area contributed by atoms with Gasteiger partial charge in [0.2, 0.25) is 5.91 Å². The Labute approximate surface area is 164 Å². The van der Waals surface area contributed by atoms with Crippen LogP contribution >= 0.6 is 27.7 Å². The van der Waals surface area contributed by atoms with Crippen LogP contribution in [0.15, 0.2) is 52.2 Å². The molecular weight excluding hydrogens is 414 g/mol. The zero-order chi connectivity index (χ0) is 18.5. The molecule has 1 N–H and O–H groups in total. The van der Waals surface area contributed by atoms with Crippen molar-refractivity contribution in [2.75, 3.05) is 11.1 Å². The summed E-state index contributed by atoms with van der Waals surface area (Å²) in [6, 6.07) is 11.7. The standard InChI is InChI=1S/C18H18BrN5OS/c1-12-9-13(2)22-18(21-12)26-11-17(25)23-16-7-8-20-24(16)10-14-3-5-15(19)6-4-14/h3-9H,10-11H2,1-2H3,(H,23,25). The van der Waals surface area contributed by atoms with Crippen LogP contribution in [0.5, 0.6) is 0 Å².